The highest BCUT2D eigenvalue weighted by molar-refractivity contribution is 5.16. The number of aliphatic hydroxyl groups excluding tert-OH is 1. The summed E-state index contributed by atoms with van der Waals surface area (Å²) in [5.41, 5.74) is 0.973. The molecule has 0 aromatic rings. The Labute approximate surface area is 96.4 Å². The van der Waals surface area contributed by atoms with Gasteiger partial charge < -0.3 is 5.11 Å². The molecular weight excluding hydrogens is 204 g/mol. The van der Waals surface area contributed by atoms with Crippen LogP contribution in [0.4, 0.5) is 0 Å². The Balaban J connectivity index is 1.92. The van der Waals surface area contributed by atoms with Gasteiger partial charge in [-0.3, -0.25) is 10.2 Å². The maximum atomic E-state index is 9.92. The lowest BCUT2D eigenvalue weighted by molar-refractivity contribution is -0.253. The summed E-state index contributed by atoms with van der Waals surface area (Å²) in [6, 6.07) is 0. The van der Waals surface area contributed by atoms with Crippen LogP contribution in [0, 0.1) is 11.8 Å². The second-order valence-corrected chi connectivity index (χ2v) is 4.69. The maximum Gasteiger partial charge on any atom is 0.132 e. The van der Waals surface area contributed by atoms with E-state index in [9.17, 15) is 10.3 Å². The summed E-state index contributed by atoms with van der Waals surface area (Å²) in [4.78, 5) is 0. The van der Waals surface area contributed by atoms with Crippen LogP contribution in [0.25, 0.3) is 0 Å². The second kappa shape index (κ2) is 4.99. The van der Waals surface area contributed by atoms with Gasteiger partial charge in [0.2, 0.25) is 0 Å². The normalized spacial score (nSPS) is 28.1. The van der Waals surface area contributed by atoms with Crippen LogP contribution in [0.1, 0.15) is 26.2 Å². The summed E-state index contributed by atoms with van der Waals surface area (Å²) in [6.45, 7) is 2.63. The summed E-state index contributed by atoms with van der Waals surface area (Å²) in [5.74, 6) is 1.27. The summed E-state index contributed by atoms with van der Waals surface area (Å²) in [5, 5.41) is 21.9. The average Bonchev–Trinajstić information content (AvgIpc) is 2.96. The van der Waals surface area contributed by atoms with Gasteiger partial charge >= 0.3 is 0 Å². The standard InChI is InChI=1S/C12H20N2O2/c1-10-7-11(10)8-14(16)13(9-15)12-5-3-2-4-6-12/h2-3,5,10-11,15-16H,4,6-9H2,1H3. The van der Waals surface area contributed by atoms with E-state index in [1.165, 1.54) is 11.6 Å². The van der Waals surface area contributed by atoms with E-state index in [2.05, 4.69) is 13.0 Å². The molecule has 0 amide bonds. The number of hydroxylamine groups is 1. The molecule has 0 aromatic heterocycles. The van der Waals surface area contributed by atoms with Crippen LogP contribution in [0.3, 0.4) is 0 Å². The van der Waals surface area contributed by atoms with Gasteiger partial charge in [0.15, 0.2) is 0 Å². The third kappa shape index (κ3) is 2.64. The van der Waals surface area contributed by atoms with E-state index in [0.29, 0.717) is 18.4 Å². The Bertz CT molecular complexity index is 301. The van der Waals surface area contributed by atoms with Crippen molar-refractivity contribution in [2.24, 2.45) is 11.8 Å². The minimum Gasteiger partial charge on any atom is -0.375 e. The zero-order valence-corrected chi connectivity index (χ0v) is 9.71. The van der Waals surface area contributed by atoms with Crippen molar-refractivity contribution < 1.29 is 10.3 Å². The van der Waals surface area contributed by atoms with Crippen LogP contribution >= 0.6 is 0 Å². The minimum atomic E-state index is -0.169. The molecule has 4 nitrogen and oxygen atoms in total. The molecular formula is C12H20N2O2. The summed E-state index contributed by atoms with van der Waals surface area (Å²) in [7, 11) is 0. The highest BCUT2D eigenvalue weighted by Crippen LogP contribution is 2.38. The molecule has 2 aliphatic carbocycles. The predicted octanol–water partition coefficient (Wildman–Crippen LogP) is 1.73. The molecule has 2 unspecified atom stereocenters. The van der Waals surface area contributed by atoms with E-state index < -0.39 is 0 Å². The number of allylic oxidation sites excluding steroid dienone is 4. The van der Waals surface area contributed by atoms with Crippen molar-refractivity contribution in [2.45, 2.75) is 26.2 Å². The molecule has 0 radical (unpaired) electrons. The smallest absolute Gasteiger partial charge is 0.132 e. The second-order valence-electron chi connectivity index (χ2n) is 4.69. The molecule has 0 bridgehead atoms. The Morgan fingerprint density at radius 3 is 2.75 bits per heavy atom. The van der Waals surface area contributed by atoms with Crippen LogP contribution < -0.4 is 0 Å². The van der Waals surface area contributed by atoms with E-state index in [-0.39, 0.29) is 6.73 Å². The van der Waals surface area contributed by atoms with Crippen molar-refractivity contribution in [1.29, 1.82) is 0 Å². The molecule has 4 heteroatoms. The van der Waals surface area contributed by atoms with Gasteiger partial charge in [0.05, 0.1) is 0 Å². The third-order valence-corrected chi connectivity index (χ3v) is 3.41. The monoisotopic (exact) mass is 224 g/mol. The van der Waals surface area contributed by atoms with Crippen molar-refractivity contribution >= 4 is 0 Å². The molecule has 0 aromatic carbocycles. The van der Waals surface area contributed by atoms with Gasteiger partial charge in [-0.2, -0.15) is 0 Å². The highest BCUT2D eigenvalue weighted by atomic mass is 16.6. The van der Waals surface area contributed by atoms with E-state index in [1.807, 2.05) is 12.2 Å². The molecule has 2 rings (SSSR count). The Morgan fingerprint density at radius 1 is 1.50 bits per heavy atom. The summed E-state index contributed by atoms with van der Waals surface area (Å²) < 4.78 is 0. The lowest BCUT2D eigenvalue weighted by Crippen LogP contribution is -2.41. The lowest BCUT2D eigenvalue weighted by Gasteiger charge is -2.32. The third-order valence-electron chi connectivity index (χ3n) is 3.41. The number of nitrogens with zero attached hydrogens (tertiary/aromatic N) is 2. The van der Waals surface area contributed by atoms with E-state index >= 15 is 0 Å². The first-order chi connectivity index (χ1) is 7.72. The number of hydrogen-bond donors (Lipinski definition) is 2. The molecule has 90 valence electrons. The minimum absolute atomic E-state index is 0.169. The Morgan fingerprint density at radius 2 is 2.25 bits per heavy atom. The van der Waals surface area contributed by atoms with Gasteiger partial charge in [-0.25, -0.2) is 0 Å². The molecule has 0 spiro atoms. The number of rotatable bonds is 5. The van der Waals surface area contributed by atoms with Crippen molar-refractivity contribution in [3.05, 3.63) is 23.9 Å². The van der Waals surface area contributed by atoms with Gasteiger partial charge in [0.1, 0.15) is 6.73 Å². The first kappa shape index (κ1) is 11.6. The largest absolute Gasteiger partial charge is 0.375 e. The zero-order chi connectivity index (χ0) is 11.5. The molecule has 2 aliphatic rings. The van der Waals surface area contributed by atoms with Gasteiger partial charge in [-0.1, -0.05) is 19.1 Å². The number of hydrazine groups is 1. The van der Waals surface area contributed by atoms with Crippen molar-refractivity contribution in [1.82, 2.24) is 10.2 Å². The van der Waals surface area contributed by atoms with Crippen LogP contribution in [-0.4, -0.2) is 33.8 Å². The Kier molecular flexibility index (Phi) is 3.63. The highest BCUT2D eigenvalue weighted by Gasteiger charge is 2.35. The van der Waals surface area contributed by atoms with Gasteiger partial charge in [0, 0.05) is 12.2 Å². The fraction of sp³-hybridized carbons (Fsp3) is 0.667. The molecule has 16 heavy (non-hydrogen) atoms. The molecule has 0 saturated heterocycles. The van der Waals surface area contributed by atoms with Crippen LogP contribution in [0.2, 0.25) is 0 Å². The number of hydrogen-bond acceptors (Lipinski definition) is 4. The summed E-state index contributed by atoms with van der Waals surface area (Å²) in [6.07, 6.45) is 9.01. The first-order valence-electron chi connectivity index (χ1n) is 5.92. The van der Waals surface area contributed by atoms with Crippen LogP contribution in [0.15, 0.2) is 23.9 Å². The SMILES string of the molecule is CC1CC1CN(O)N(CO)C1=CC=CCC1. The molecule has 1 fully saturated rings. The fourth-order valence-electron chi connectivity index (χ4n) is 2.08. The van der Waals surface area contributed by atoms with E-state index in [0.717, 1.165) is 18.5 Å². The molecule has 0 heterocycles. The molecule has 1 saturated carbocycles. The molecule has 2 atom stereocenters. The van der Waals surface area contributed by atoms with Crippen molar-refractivity contribution in [2.75, 3.05) is 13.3 Å². The van der Waals surface area contributed by atoms with Gasteiger partial charge in [0.25, 0.3) is 0 Å². The predicted molar refractivity (Wildman–Crippen MR) is 61.1 cm³/mol. The van der Waals surface area contributed by atoms with Gasteiger partial charge in [-0.15, -0.1) is 5.17 Å². The van der Waals surface area contributed by atoms with Crippen LogP contribution in [0.5, 0.6) is 0 Å². The average molecular weight is 224 g/mol. The Hall–Kier alpha value is -0.840. The first-order valence-corrected chi connectivity index (χ1v) is 5.92. The molecule has 0 aliphatic heterocycles. The van der Waals surface area contributed by atoms with E-state index in [4.69, 9.17) is 0 Å². The summed E-state index contributed by atoms with van der Waals surface area (Å²) >= 11 is 0. The van der Waals surface area contributed by atoms with Crippen LogP contribution in [-0.2, 0) is 0 Å². The number of aliphatic hydroxyl groups is 1. The lowest BCUT2D eigenvalue weighted by atomic mass is 10.1. The van der Waals surface area contributed by atoms with Crippen molar-refractivity contribution in [3.8, 4) is 0 Å². The van der Waals surface area contributed by atoms with E-state index in [1.54, 1.807) is 5.01 Å². The molecule has 2 N–H and O–H groups in total. The zero-order valence-electron chi connectivity index (χ0n) is 9.71. The quantitative estimate of drug-likeness (QED) is 0.551. The topological polar surface area (TPSA) is 46.9 Å². The maximum absolute atomic E-state index is 9.92. The fourth-order valence-corrected chi connectivity index (χ4v) is 2.08. The van der Waals surface area contributed by atoms with Crippen molar-refractivity contribution in [3.63, 3.8) is 0 Å². The van der Waals surface area contributed by atoms with Gasteiger partial charge in [-0.05, 0) is 37.2 Å².